The van der Waals surface area contributed by atoms with Gasteiger partial charge in [-0.15, -0.1) is 0 Å². The standard InChI is InChI=1S/C28H36N6O7/c1-17(2)23-26(38)31-20(14-18-8-4-3-5-9-18)27-32-21(16-41-27)24(36)29-11-7-6-10-19(25(37)33-23)30-22(35)15-34-12-13-40-28(34)39/h3-5,8-9,16-17,19-20,23H,6-7,10-15H2,1-2H3,(H,29,36)(H,30,35)(H,31,38)(H,33,37)/t19-,20+,23-/m0/s1. The van der Waals surface area contributed by atoms with Gasteiger partial charge < -0.3 is 30.4 Å². The van der Waals surface area contributed by atoms with Gasteiger partial charge in [0.1, 0.15) is 37.5 Å². The predicted octanol–water partition coefficient (Wildman–Crippen LogP) is 1.07. The summed E-state index contributed by atoms with van der Waals surface area (Å²) in [5, 5.41) is 11.2. The molecule has 5 amide bonds. The average Bonchev–Trinajstić information content (AvgIpc) is 3.59. The lowest BCUT2D eigenvalue weighted by Gasteiger charge is -2.27. The molecule has 0 saturated carbocycles. The molecule has 4 N–H and O–H groups in total. The zero-order chi connectivity index (χ0) is 29.4. The lowest BCUT2D eigenvalue weighted by molar-refractivity contribution is -0.133. The third kappa shape index (κ3) is 8.05. The molecule has 1 aromatic heterocycles. The van der Waals surface area contributed by atoms with Gasteiger partial charge in [-0.2, -0.15) is 0 Å². The molecule has 1 fully saturated rings. The number of cyclic esters (lactones) is 1. The number of oxazole rings is 1. The molecule has 4 rings (SSSR count). The molecule has 2 bridgehead atoms. The molecule has 2 aromatic rings. The molecule has 1 aromatic carbocycles. The van der Waals surface area contributed by atoms with E-state index < -0.39 is 47.8 Å². The second-order valence-electron chi connectivity index (χ2n) is 10.5. The molecular weight excluding hydrogens is 532 g/mol. The highest BCUT2D eigenvalue weighted by atomic mass is 16.6. The fraction of sp³-hybridized carbons (Fsp3) is 0.500. The van der Waals surface area contributed by atoms with Crippen molar-refractivity contribution >= 4 is 29.7 Å². The van der Waals surface area contributed by atoms with Crippen molar-refractivity contribution in [2.24, 2.45) is 5.92 Å². The molecule has 3 atom stereocenters. The summed E-state index contributed by atoms with van der Waals surface area (Å²) < 4.78 is 10.5. The fourth-order valence-electron chi connectivity index (χ4n) is 4.67. The summed E-state index contributed by atoms with van der Waals surface area (Å²) in [6.45, 7) is 4.16. The van der Waals surface area contributed by atoms with Crippen LogP contribution in [-0.2, 0) is 25.5 Å². The van der Waals surface area contributed by atoms with E-state index in [1.54, 1.807) is 13.8 Å². The number of rotatable bonds is 6. The van der Waals surface area contributed by atoms with Crippen molar-refractivity contribution in [3.05, 3.63) is 53.7 Å². The summed E-state index contributed by atoms with van der Waals surface area (Å²) in [6, 6.07) is 6.83. The van der Waals surface area contributed by atoms with Gasteiger partial charge in [0.2, 0.25) is 23.6 Å². The number of nitrogens with zero attached hydrogens (tertiary/aromatic N) is 2. The molecule has 1 saturated heterocycles. The van der Waals surface area contributed by atoms with Gasteiger partial charge >= 0.3 is 6.09 Å². The molecule has 0 unspecified atom stereocenters. The number of hydrogen-bond donors (Lipinski definition) is 4. The minimum Gasteiger partial charge on any atom is -0.448 e. The topological polar surface area (TPSA) is 172 Å². The van der Waals surface area contributed by atoms with Gasteiger partial charge in [-0.25, -0.2) is 9.78 Å². The van der Waals surface area contributed by atoms with Crippen LogP contribution in [0.25, 0.3) is 0 Å². The van der Waals surface area contributed by atoms with Crippen LogP contribution >= 0.6 is 0 Å². The Morgan fingerprint density at radius 1 is 1.10 bits per heavy atom. The van der Waals surface area contributed by atoms with Gasteiger partial charge in [-0.3, -0.25) is 24.1 Å². The van der Waals surface area contributed by atoms with Crippen LogP contribution in [0.1, 0.15) is 61.1 Å². The van der Waals surface area contributed by atoms with Crippen molar-refractivity contribution in [1.29, 1.82) is 0 Å². The highest BCUT2D eigenvalue weighted by molar-refractivity contribution is 5.93. The Bertz CT molecular complexity index is 1250. The molecule has 3 heterocycles. The molecule has 13 heteroatoms. The van der Waals surface area contributed by atoms with Crippen LogP contribution in [0, 0.1) is 5.92 Å². The number of hydrogen-bond acceptors (Lipinski definition) is 8. The molecule has 2 aliphatic rings. The van der Waals surface area contributed by atoms with Crippen molar-refractivity contribution < 1.29 is 33.1 Å². The lowest BCUT2D eigenvalue weighted by atomic mass is 10.00. The largest absolute Gasteiger partial charge is 0.448 e. The number of aromatic nitrogens is 1. The zero-order valence-electron chi connectivity index (χ0n) is 23.2. The maximum absolute atomic E-state index is 13.6. The summed E-state index contributed by atoms with van der Waals surface area (Å²) >= 11 is 0. The molecule has 0 aliphatic carbocycles. The number of fused-ring (bicyclic) bond motifs is 2. The van der Waals surface area contributed by atoms with E-state index in [0.29, 0.717) is 25.8 Å². The summed E-state index contributed by atoms with van der Waals surface area (Å²) in [4.78, 5) is 69.7. The summed E-state index contributed by atoms with van der Waals surface area (Å²) in [5.74, 6) is -2.05. The Morgan fingerprint density at radius 3 is 2.59 bits per heavy atom. The summed E-state index contributed by atoms with van der Waals surface area (Å²) in [7, 11) is 0. The van der Waals surface area contributed by atoms with Crippen LogP contribution in [0.3, 0.4) is 0 Å². The van der Waals surface area contributed by atoms with Crippen LogP contribution in [0.2, 0.25) is 0 Å². The number of carbonyl (C=O) groups is 5. The Labute approximate surface area is 237 Å². The minimum absolute atomic E-state index is 0.0960. The van der Waals surface area contributed by atoms with Gasteiger partial charge in [-0.1, -0.05) is 44.2 Å². The second-order valence-corrected chi connectivity index (χ2v) is 10.5. The van der Waals surface area contributed by atoms with Crippen LogP contribution < -0.4 is 21.3 Å². The number of ether oxygens (including phenoxy) is 1. The van der Waals surface area contributed by atoms with Crippen molar-refractivity contribution in [1.82, 2.24) is 31.2 Å². The van der Waals surface area contributed by atoms with Crippen molar-refractivity contribution in [3.63, 3.8) is 0 Å². The maximum Gasteiger partial charge on any atom is 0.410 e. The summed E-state index contributed by atoms with van der Waals surface area (Å²) in [5.41, 5.74) is 1.00. The number of amides is 5. The van der Waals surface area contributed by atoms with E-state index in [1.165, 1.54) is 11.2 Å². The highest BCUT2D eigenvalue weighted by Crippen LogP contribution is 2.20. The van der Waals surface area contributed by atoms with E-state index in [0.717, 1.165) is 5.56 Å². The first-order valence-corrected chi connectivity index (χ1v) is 13.8. The fourth-order valence-corrected chi connectivity index (χ4v) is 4.67. The first kappa shape index (κ1) is 29.6. The first-order valence-electron chi connectivity index (χ1n) is 13.8. The molecule has 220 valence electrons. The molecule has 13 nitrogen and oxygen atoms in total. The normalized spacial score (nSPS) is 22.5. The first-order chi connectivity index (χ1) is 19.7. The third-order valence-electron chi connectivity index (χ3n) is 6.93. The SMILES string of the molecule is CC(C)[C@@H]1NC(=O)[C@@H](NC(=O)CN2CCOC2=O)CCCCNC(=O)c2coc(n2)[C@@H](Cc2ccccc2)NC1=O. The highest BCUT2D eigenvalue weighted by Gasteiger charge is 2.32. The van der Waals surface area contributed by atoms with Crippen molar-refractivity contribution in [2.45, 2.75) is 57.7 Å². The van der Waals surface area contributed by atoms with Gasteiger partial charge in [0.05, 0.1) is 6.54 Å². The molecular formula is C28H36N6O7. The Balaban J connectivity index is 1.55. The Hall–Kier alpha value is -4.42. The van der Waals surface area contributed by atoms with Crippen molar-refractivity contribution in [3.8, 4) is 0 Å². The Morgan fingerprint density at radius 2 is 1.88 bits per heavy atom. The molecule has 0 spiro atoms. The molecule has 0 radical (unpaired) electrons. The lowest BCUT2D eigenvalue weighted by Crippen LogP contribution is -2.56. The zero-order valence-corrected chi connectivity index (χ0v) is 23.2. The summed E-state index contributed by atoms with van der Waals surface area (Å²) in [6.07, 6.45) is 2.29. The number of benzene rings is 1. The third-order valence-corrected chi connectivity index (χ3v) is 6.93. The average molecular weight is 569 g/mol. The van der Waals surface area contributed by atoms with Crippen LogP contribution in [0.5, 0.6) is 0 Å². The smallest absolute Gasteiger partial charge is 0.410 e. The molecule has 41 heavy (non-hydrogen) atoms. The quantitative estimate of drug-likeness (QED) is 0.401. The predicted molar refractivity (Wildman–Crippen MR) is 145 cm³/mol. The van der Waals surface area contributed by atoms with Gasteiger partial charge in [0.25, 0.3) is 5.91 Å². The van der Waals surface area contributed by atoms with E-state index >= 15 is 0 Å². The molecule has 2 aliphatic heterocycles. The van der Waals surface area contributed by atoms with E-state index in [-0.39, 0.29) is 43.6 Å². The minimum atomic E-state index is -0.953. The van der Waals surface area contributed by atoms with Gasteiger partial charge in [-0.05, 0) is 30.7 Å². The second kappa shape index (κ2) is 13.8. The number of nitrogens with one attached hydrogen (secondary N) is 4. The van der Waals surface area contributed by atoms with E-state index in [1.807, 2.05) is 30.3 Å². The number of carbonyl (C=O) groups excluding carboxylic acids is 5. The van der Waals surface area contributed by atoms with Gasteiger partial charge in [0, 0.05) is 13.0 Å². The van der Waals surface area contributed by atoms with Crippen LogP contribution in [-0.4, -0.2) is 77.9 Å². The van der Waals surface area contributed by atoms with Crippen LogP contribution in [0.4, 0.5) is 4.79 Å². The Kier molecular flexibility index (Phi) is 9.93. The maximum atomic E-state index is 13.6. The van der Waals surface area contributed by atoms with Gasteiger partial charge in [0.15, 0.2) is 5.69 Å². The monoisotopic (exact) mass is 568 g/mol. The van der Waals surface area contributed by atoms with Crippen LogP contribution in [0.15, 0.2) is 41.0 Å². The van der Waals surface area contributed by atoms with E-state index in [4.69, 9.17) is 9.15 Å². The van der Waals surface area contributed by atoms with Crippen molar-refractivity contribution in [2.75, 3.05) is 26.2 Å². The van der Waals surface area contributed by atoms with E-state index in [2.05, 4.69) is 26.3 Å². The van der Waals surface area contributed by atoms with E-state index in [9.17, 15) is 24.0 Å².